The normalized spacial score (nSPS) is 17.0. The van der Waals surface area contributed by atoms with Crippen LogP contribution in [0.25, 0.3) is 10.9 Å². The summed E-state index contributed by atoms with van der Waals surface area (Å²) in [5.74, 6) is -0.0441. The molecule has 1 aliphatic rings. The second kappa shape index (κ2) is 6.37. The van der Waals surface area contributed by atoms with Gasteiger partial charge in [0.2, 0.25) is 5.91 Å². The molecule has 0 saturated carbocycles. The summed E-state index contributed by atoms with van der Waals surface area (Å²) in [6.07, 6.45) is 1.52. The molecule has 0 fully saturated rings. The van der Waals surface area contributed by atoms with Crippen LogP contribution in [0.5, 0.6) is 0 Å². The van der Waals surface area contributed by atoms with Gasteiger partial charge in [-0.05, 0) is 36.6 Å². The maximum atomic E-state index is 12.6. The highest BCUT2D eigenvalue weighted by Gasteiger charge is 2.26. The molecule has 0 spiro atoms. The summed E-state index contributed by atoms with van der Waals surface area (Å²) in [6.45, 7) is 0. The number of thioether (sulfide) groups is 1. The van der Waals surface area contributed by atoms with Gasteiger partial charge >= 0.3 is 0 Å². The van der Waals surface area contributed by atoms with Crippen LogP contribution in [0.1, 0.15) is 12.0 Å². The standard InChI is InChI=1S/C19H17N3O2S/c1-22-18(24)13-7-3-5-9-15(13)21-19(22)25-16-11-10-12-6-2-4-8-14(12)20-17(16)23/h2-9,16H,10-11H2,1H3,(H,20,23)/t16-/m0/s1. The second-order valence-electron chi connectivity index (χ2n) is 6.07. The van der Waals surface area contributed by atoms with Crippen molar-refractivity contribution in [2.45, 2.75) is 23.2 Å². The smallest absolute Gasteiger partial charge is 0.261 e. The lowest BCUT2D eigenvalue weighted by atomic mass is 10.1. The highest BCUT2D eigenvalue weighted by Crippen LogP contribution is 2.30. The Labute approximate surface area is 149 Å². The Morgan fingerprint density at radius 1 is 1.12 bits per heavy atom. The largest absolute Gasteiger partial charge is 0.325 e. The molecule has 0 unspecified atom stereocenters. The molecule has 4 rings (SSSR count). The van der Waals surface area contributed by atoms with Crippen molar-refractivity contribution < 1.29 is 4.79 Å². The van der Waals surface area contributed by atoms with Crippen LogP contribution in [0.15, 0.2) is 58.5 Å². The van der Waals surface area contributed by atoms with Crippen molar-refractivity contribution in [2.75, 3.05) is 5.32 Å². The van der Waals surface area contributed by atoms with Crippen molar-refractivity contribution in [3.05, 3.63) is 64.4 Å². The first-order valence-electron chi connectivity index (χ1n) is 8.14. The fourth-order valence-corrected chi connectivity index (χ4v) is 4.08. The van der Waals surface area contributed by atoms with Crippen molar-refractivity contribution >= 4 is 34.3 Å². The minimum Gasteiger partial charge on any atom is -0.325 e. The lowest BCUT2D eigenvalue weighted by Crippen LogP contribution is -2.26. The summed E-state index contributed by atoms with van der Waals surface area (Å²) >= 11 is 1.35. The SMILES string of the molecule is Cn1c(S[C@H]2CCc3ccccc3NC2=O)nc2ccccc2c1=O. The number of carbonyl (C=O) groups is 1. The van der Waals surface area contributed by atoms with Gasteiger partial charge in [0, 0.05) is 12.7 Å². The first-order valence-corrected chi connectivity index (χ1v) is 9.02. The molecule has 1 amide bonds. The number of carbonyl (C=O) groups excluding carboxylic acids is 1. The molecular weight excluding hydrogens is 334 g/mol. The molecule has 126 valence electrons. The van der Waals surface area contributed by atoms with E-state index in [1.165, 1.54) is 16.3 Å². The number of nitrogens with one attached hydrogen (secondary N) is 1. The first-order chi connectivity index (χ1) is 12.1. The van der Waals surface area contributed by atoms with Crippen molar-refractivity contribution in [1.29, 1.82) is 0 Å². The Morgan fingerprint density at radius 2 is 1.88 bits per heavy atom. The molecule has 2 heterocycles. The van der Waals surface area contributed by atoms with E-state index in [2.05, 4.69) is 10.3 Å². The Bertz CT molecular complexity index is 1030. The Morgan fingerprint density at radius 3 is 2.76 bits per heavy atom. The van der Waals surface area contributed by atoms with Gasteiger partial charge < -0.3 is 5.32 Å². The number of hydrogen-bond donors (Lipinski definition) is 1. The number of anilines is 1. The van der Waals surface area contributed by atoms with E-state index in [-0.39, 0.29) is 16.7 Å². The number of nitrogens with zero attached hydrogens (tertiary/aromatic N) is 2. The summed E-state index contributed by atoms with van der Waals surface area (Å²) in [5, 5.41) is 3.86. The van der Waals surface area contributed by atoms with Crippen LogP contribution in [0.4, 0.5) is 5.69 Å². The molecule has 0 saturated heterocycles. The van der Waals surface area contributed by atoms with Gasteiger partial charge in [0.1, 0.15) is 0 Å². The minimum absolute atomic E-state index is 0.0441. The molecule has 0 aliphatic carbocycles. The number of amides is 1. The van der Waals surface area contributed by atoms with Gasteiger partial charge in [0.05, 0.1) is 16.2 Å². The number of aryl methyl sites for hydroxylation is 1. The highest BCUT2D eigenvalue weighted by atomic mass is 32.2. The Hall–Kier alpha value is -2.60. The van der Waals surface area contributed by atoms with Crippen molar-refractivity contribution in [1.82, 2.24) is 9.55 Å². The van der Waals surface area contributed by atoms with E-state index in [1.807, 2.05) is 42.5 Å². The first kappa shape index (κ1) is 15.9. The zero-order valence-electron chi connectivity index (χ0n) is 13.7. The summed E-state index contributed by atoms with van der Waals surface area (Å²) in [7, 11) is 1.70. The van der Waals surface area contributed by atoms with E-state index in [9.17, 15) is 9.59 Å². The summed E-state index contributed by atoms with van der Waals surface area (Å²) in [5.41, 5.74) is 2.58. The maximum absolute atomic E-state index is 12.6. The van der Waals surface area contributed by atoms with Crippen LogP contribution in [-0.2, 0) is 18.3 Å². The second-order valence-corrected chi connectivity index (χ2v) is 7.24. The van der Waals surface area contributed by atoms with E-state index in [0.29, 0.717) is 22.5 Å². The molecular formula is C19H17N3O2S. The van der Waals surface area contributed by atoms with E-state index in [1.54, 1.807) is 13.1 Å². The molecule has 25 heavy (non-hydrogen) atoms. The summed E-state index contributed by atoms with van der Waals surface area (Å²) in [6, 6.07) is 15.1. The lowest BCUT2D eigenvalue weighted by molar-refractivity contribution is -0.115. The molecule has 1 atom stereocenters. The van der Waals surface area contributed by atoms with E-state index < -0.39 is 0 Å². The van der Waals surface area contributed by atoms with Crippen molar-refractivity contribution in [2.24, 2.45) is 7.05 Å². The van der Waals surface area contributed by atoms with Gasteiger partial charge in [-0.3, -0.25) is 14.2 Å². The maximum Gasteiger partial charge on any atom is 0.261 e. The van der Waals surface area contributed by atoms with Crippen LogP contribution in [-0.4, -0.2) is 20.7 Å². The number of hydrogen-bond acceptors (Lipinski definition) is 4. The van der Waals surface area contributed by atoms with Gasteiger partial charge in [-0.2, -0.15) is 0 Å². The Balaban J connectivity index is 1.67. The number of benzene rings is 2. The zero-order chi connectivity index (χ0) is 17.4. The van der Waals surface area contributed by atoms with Gasteiger partial charge in [-0.1, -0.05) is 42.1 Å². The molecule has 1 aliphatic heterocycles. The van der Waals surface area contributed by atoms with Gasteiger partial charge in [0.25, 0.3) is 5.56 Å². The molecule has 1 N–H and O–H groups in total. The van der Waals surface area contributed by atoms with Crippen LogP contribution in [0.3, 0.4) is 0 Å². The summed E-state index contributed by atoms with van der Waals surface area (Å²) < 4.78 is 1.53. The van der Waals surface area contributed by atoms with Crippen molar-refractivity contribution in [3.8, 4) is 0 Å². The third kappa shape index (κ3) is 2.93. The van der Waals surface area contributed by atoms with Crippen LogP contribution >= 0.6 is 11.8 Å². The van der Waals surface area contributed by atoms with Gasteiger partial charge in [-0.25, -0.2) is 4.98 Å². The van der Waals surface area contributed by atoms with Crippen LogP contribution in [0.2, 0.25) is 0 Å². The van der Waals surface area contributed by atoms with E-state index in [0.717, 1.165) is 17.7 Å². The number of fused-ring (bicyclic) bond motifs is 2. The molecule has 2 aromatic carbocycles. The Kier molecular flexibility index (Phi) is 4.05. The predicted molar refractivity (Wildman–Crippen MR) is 100 cm³/mol. The molecule has 6 heteroatoms. The topological polar surface area (TPSA) is 64.0 Å². The van der Waals surface area contributed by atoms with Crippen LogP contribution < -0.4 is 10.9 Å². The van der Waals surface area contributed by atoms with Crippen LogP contribution in [0, 0.1) is 0 Å². The van der Waals surface area contributed by atoms with Gasteiger partial charge in [0.15, 0.2) is 5.16 Å². The third-order valence-electron chi connectivity index (χ3n) is 4.43. The molecule has 0 radical (unpaired) electrons. The predicted octanol–water partition coefficient (Wildman–Crippen LogP) is 2.98. The number of para-hydroxylation sites is 2. The molecule has 5 nitrogen and oxygen atoms in total. The fourth-order valence-electron chi connectivity index (χ4n) is 3.03. The monoisotopic (exact) mass is 351 g/mol. The van der Waals surface area contributed by atoms with E-state index in [4.69, 9.17) is 0 Å². The van der Waals surface area contributed by atoms with Gasteiger partial charge in [-0.15, -0.1) is 0 Å². The molecule has 3 aromatic rings. The lowest BCUT2D eigenvalue weighted by Gasteiger charge is -2.14. The average molecular weight is 351 g/mol. The molecule has 0 bridgehead atoms. The average Bonchev–Trinajstić information content (AvgIpc) is 2.78. The number of aromatic nitrogens is 2. The quantitative estimate of drug-likeness (QED) is 0.721. The third-order valence-corrected chi connectivity index (χ3v) is 5.74. The van der Waals surface area contributed by atoms with Crippen molar-refractivity contribution in [3.63, 3.8) is 0 Å². The zero-order valence-corrected chi connectivity index (χ0v) is 14.5. The minimum atomic E-state index is -0.285. The van der Waals surface area contributed by atoms with E-state index >= 15 is 0 Å². The fraction of sp³-hybridized carbons (Fsp3) is 0.211. The highest BCUT2D eigenvalue weighted by molar-refractivity contribution is 8.00. The number of rotatable bonds is 2. The summed E-state index contributed by atoms with van der Waals surface area (Å²) in [4.78, 5) is 29.7. The molecule has 1 aromatic heterocycles.